The minimum absolute atomic E-state index is 0.361. The van der Waals surface area contributed by atoms with Crippen molar-refractivity contribution < 1.29 is 9.15 Å². The van der Waals surface area contributed by atoms with Crippen molar-refractivity contribution in [3.05, 3.63) is 60.2 Å². The molecule has 4 aromatic rings. The predicted octanol–water partition coefficient (Wildman–Crippen LogP) is 2.58. The van der Waals surface area contributed by atoms with E-state index in [9.17, 15) is 0 Å². The van der Waals surface area contributed by atoms with E-state index in [1.807, 2.05) is 48.5 Å². The molecule has 1 saturated heterocycles. The Hall–Kier alpha value is -2.70. The molecule has 5 rings (SSSR count). The highest BCUT2D eigenvalue weighted by molar-refractivity contribution is 5.75. The Morgan fingerprint density at radius 1 is 0.958 bits per heavy atom. The van der Waals surface area contributed by atoms with E-state index in [1.165, 1.54) is 0 Å². The fraction of sp³-hybridized carbons (Fsp3) is 0.222. The first-order valence-electron chi connectivity index (χ1n) is 7.93. The maximum Gasteiger partial charge on any atom is 0.227 e. The Labute approximate surface area is 137 Å². The van der Waals surface area contributed by atoms with E-state index in [4.69, 9.17) is 19.5 Å². The van der Waals surface area contributed by atoms with Crippen LogP contribution in [-0.2, 0) is 10.3 Å². The molecule has 6 nitrogen and oxygen atoms in total. The van der Waals surface area contributed by atoms with Gasteiger partial charge in [-0.1, -0.05) is 24.3 Å². The van der Waals surface area contributed by atoms with Crippen molar-refractivity contribution in [2.24, 2.45) is 0 Å². The molecule has 1 fully saturated rings. The van der Waals surface area contributed by atoms with Gasteiger partial charge in [0.25, 0.3) is 0 Å². The predicted molar refractivity (Wildman–Crippen MR) is 88.7 cm³/mol. The van der Waals surface area contributed by atoms with Crippen LogP contribution >= 0.6 is 0 Å². The normalized spacial score (nSPS) is 21.5. The molecule has 6 heteroatoms. The van der Waals surface area contributed by atoms with Crippen LogP contribution in [-0.4, -0.2) is 34.7 Å². The van der Waals surface area contributed by atoms with Gasteiger partial charge in [-0.05, 0) is 24.3 Å². The van der Waals surface area contributed by atoms with Crippen molar-refractivity contribution in [3.63, 3.8) is 0 Å². The first kappa shape index (κ1) is 13.7. The number of imidazole rings is 1. The number of aromatic nitrogens is 3. The summed E-state index contributed by atoms with van der Waals surface area (Å²) >= 11 is 0. The van der Waals surface area contributed by atoms with Crippen LogP contribution in [0.2, 0.25) is 0 Å². The van der Waals surface area contributed by atoms with E-state index in [-0.39, 0.29) is 0 Å². The first-order chi connectivity index (χ1) is 11.9. The number of rotatable bonds is 2. The molecule has 2 aromatic carbocycles. The van der Waals surface area contributed by atoms with Crippen LogP contribution in [0, 0.1) is 0 Å². The monoisotopic (exact) mass is 319 g/mol. The van der Waals surface area contributed by atoms with Gasteiger partial charge in [-0.25, -0.2) is 15.3 Å². The Balaban J connectivity index is 1.72. The number of benzene rings is 2. The van der Waals surface area contributed by atoms with Gasteiger partial charge in [0, 0.05) is 6.54 Å². The number of oxazole rings is 1. The number of hydrogen-bond acceptors (Lipinski definition) is 4. The molecule has 0 aliphatic carbocycles. The number of fused-ring (bicyclic) bond motifs is 2. The van der Waals surface area contributed by atoms with Crippen LogP contribution in [0.1, 0.15) is 11.7 Å². The SMILES string of the molecule is c1ccc2[nH]c(C3(c4nc5ccccc5o4)COCC[N]3)nc2c1. The molecule has 1 aliphatic heterocycles. The third-order valence-corrected chi connectivity index (χ3v) is 4.36. The Morgan fingerprint density at radius 3 is 2.58 bits per heavy atom. The summed E-state index contributed by atoms with van der Waals surface area (Å²) in [5.41, 5.74) is 2.57. The molecule has 119 valence electrons. The summed E-state index contributed by atoms with van der Waals surface area (Å²) in [5.74, 6) is 1.22. The Kier molecular flexibility index (Phi) is 2.95. The lowest BCUT2D eigenvalue weighted by molar-refractivity contribution is 0.0263. The molecule has 1 radical (unpaired) electrons. The molecule has 0 saturated carbocycles. The van der Waals surface area contributed by atoms with Crippen LogP contribution in [0.25, 0.3) is 22.1 Å². The fourth-order valence-electron chi connectivity index (χ4n) is 3.14. The number of nitrogens with one attached hydrogen (secondary N) is 1. The van der Waals surface area contributed by atoms with Crippen molar-refractivity contribution in [2.45, 2.75) is 5.54 Å². The lowest BCUT2D eigenvalue weighted by atomic mass is 9.98. The van der Waals surface area contributed by atoms with Gasteiger partial charge in [0.1, 0.15) is 11.3 Å². The maximum atomic E-state index is 6.02. The van der Waals surface area contributed by atoms with Crippen molar-refractivity contribution in [1.29, 1.82) is 0 Å². The number of para-hydroxylation sites is 4. The summed E-state index contributed by atoms with van der Waals surface area (Å²) in [6, 6.07) is 15.6. The van der Waals surface area contributed by atoms with Gasteiger partial charge in [0.2, 0.25) is 5.89 Å². The molecular weight excluding hydrogens is 304 g/mol. The molecule has 24 heavy (non-hydrogen) atoms. The number of nitrogens with zero attached hydrogens (tertiary/aromatic N) is 3. The third-order valence-electron chi connectivity index (χ3n) is 4.36. The molecule has 0 amide bonds. The summed E-state index contributed by atoms with van der Waals surface area (Å²) in [7, 11) is 0. The standard InChI is InChI=1S/C18H15N4O2/c1-2-6-13-12(5-1)20-16(21-13)18(11-23-10-9-19-18)17-22-14-7-3-4-8-15(14)24-17/h1-8H,9-11H2,(H,20,21). The number of aromatic amines is 1. The quantitative estimate of drug-likeness (QED) is 0.616. The van der Waals surface area contributed by atoms with Crippen LogP contribution in [0.4, 0.5) is 0 Å². The van der Waals surface area contributed by atoms with E-state index in [0.29, 0.717) is 31.5 Å². The van der Waals surface area contributed by atoms with Crippen molar-refractivity contribution in [3.8, 4) is 0 Å². The van der Waals surface area contributed by atoms with Crippen molar-refractivity contribution in [1.82, 2.24) is 20.3 Å². The second kappa shape index (κ2) is 5.15. The number of morpholine rings is 1. The number of hydrogen-bond donors (Lipinski definition) is 1. The fourth-order valence-corrected chi connectivity index (χ4v) is 3.14. The number of ether oxygens (including phenoxy) is 1. The average Bonchev–Trinajstić information content (AvgIpc) is 3.26. The van der Waals surface area contributed by atoms with Gasteiger partial charge < -0.3 is 14.1 Å². The maximum absolute atomic E-state index is 6.02. The van der Waals surface area contributed by atoms with Crippen LogP contribution in [0.5, 0.6) is 0 Å². The Morgan fingerprint density at radius 2 is 1.79 bits per heavy atom. The van der Waals surface area contributed by atoms with Gasteiger partial charge in [-0.15, -0.1) is 0 Å². The van der Waals surface area contributed by atoms with Crippen molar-refractivity contribution in [2.75, 3.05) is 19.8 Å². The second-order valence-electron chi connectivity index (χ2n) is 5.88. The topological polar surface area (TPSA) is 78.0 Å². The van der Waals surface area contributed by atoms with E-state index in [1.54, 1.807) is 0 Å². The van der Waals surface area contributed by atoms with E-state index < -0.39 is 5.54 Å². The molecule has 1 N–H and O–H groups in total. The molecule has 1 atom stereocenters. The highest BCUT2D eigenvalue weighted by atomic mass is 16.5. The van der Waals surface area contributed by atoms with E-state index >= 15 is 0 Å². The molecule has 1 unspecified atom stereocenters. The van der Waals surface area contributed by atoms with Crippen molar-refractivity contribution >= 4 is 22.1 Å². The van der Waals surface area contributed by atoms with Gasteiger partial charge in [-0.3, -0.25) is 0 Å². The molecule has 3 heterocycles. The van der Waals surface area contributed by atoms with Gasteiger partial charge in [0.05, 0.1) is 24.2 Å². The summed E-state index contributed by atoms with van der Waals surface area (Å²) in [5, 5.41) is 4.82. The zero-order valence-electron chi connectivity index (χ0n) is 12.9. The second-order valence-corrected chi connectivity index (χ2v) is 5.88. The minimum Gasteiger partial charge on any atom is -0.438 e. The summed E-state index contributed by atoms with van der Waals surface area (Å²) in [4.78, 5) is 12.7. The highest BCUT2D eigenvalue weighted by Gasteiger charge is 2.45. The Bertz CT molecular complexity index is 872. The third kappa shape index (κ3) is 1.97. The molecule has 0 bridgehead atoms. The highest BCUT2D eigenvalue weighted by Crippen LogP contribution is 2.33. The molecule has 0 spiro atoms. The smallest absolute Gasteiger partial charge is 0.227 e. The first-order valence-corrected chi connectivity index (χ1v) is 7.93. The summed E-state index contributed by atoms with van der Waals surface area (Å²) in [6.45, 7) is 1.54. The summed E-state index contributed by atoms with van der Waals surface area (Å²) < 4.78 is 11.7. The zero-order chi connectivity index (χ0) is 16.0. The molecular formula is C18H15N4O2. The average molecular weight is 319 g/mol. The summed E-state index contributed by atoms with van der Waals surface area (Å²) in [6.07, 6.45) is 0. The minimum atomic E-state index is -0.837. The van der Waals surface area contributed by atoms with Crippen LogP contribution in [0.15, 0.2) is 52.9 Å². The lowest BCUT2D eigenvalue weighted by Crippen LogP contribution is -2.49. The van der Waals surface area contributed by atoms with Gasteiger partial charge in [0.15, 0.2) is 11.1 Å². The van der Waals surface area contributed by atoms with Gasteiger partial charge in [-0.2, -0.15) is 0 Å². The molecule has 1 aliphatic rings. The zero-order valence-corrected chi connectivity index (χ0v) is 12.9. The van der Waals surface area contributed by atoms with Gasteiger partial charge >= 0.3 is 0 Å². The lowest BCUT2D eigenvalue weighted by Gasteiger charge is -2.31. The largest absolute Gasteiger partial charge is 0.438 e. The molecule has 2 aromatic heterocycles. The van der Waals surface area contributed by atoms with Crippen LogP contribution < -0.4 is 5.32 Å². The number of H-pyrrole nitrogens is 1. The van der Waals surface area contributed by atoms with Crippen LogP contribution in [0.3, 0.4) is 0 Å². The van der Waals surface area contributed by atoms with E-state index in [0.717, 1.165) is 22.1 Å². The van der Waals surface area contributed by atoms with E-state index in [2.05, 4.69) is 9.97 Å².